The highest BCUT2D eigenvalue weighted by molar-refractivity contribution is 7.92. The number of nitrogens with zero attached hydrogens (tertiary/aromatic N) is 2. The summed E-state index contributed by atoms with van der Waals surface area (Å²) in [5.41, 5.74) is 3.77. The molecule has 1 aliphatic rings. The molecule has 0 aliphatic carbocycles. The summed E-state index contributed by atoms with van der Waals surface area (Å²) in [4.78, 5) is 12.5. The van der Waals surface area contributed by atoms with E-state index in [1.54, 1.807) is 31.2 Å². The number of carbonyl (C=O) groups excluding carboxylic acids is 1. The summed E-state index contributed by atoms with van der Waals surface area (Å²) < 4.78 is 41.8. The standard InChI is InChI=1S/C20H22ClN3O6S/c1-13(14-4-6-18-19(10-14)30-9-8-29-18)22-23-20(25)12-24(31(3,26)27)16-11-15(21)5-7-17(16)28-2/h4-7,10-11H,8-9,12H2,1-3H3,(H,23,25)/b22-13-. The first-order valence-corrected chi connectivity index (χ1v) is 11.5. The molecule has 0 saturated heterocycles. The van der Waals surface area contributed by atoms with E-state index in [0.717, 1.165) is 16.1 Å². The third-order valence-electron chi connectivity index (χ3n) is 4.41. The topological polar surface area (TPSA) is 107 Å². The fraction of sp³-hybridized carbons (Fsp3) is 0.300. The van der Waals surface area contributed by atoms with E-state index in [2.05, 4.69) is 10.5 Å². The summed E-state index contributed by atoms with van der Waals surface area (Å²) in [6, 6.07) is 9.82. The molecular weight excluding hydrogens is 446 g/mol. The molecule has 2 aromatic rings. The summed E-state index contributed by atoms with van der Waals surface area (Å²) in [6.45, 7) is 2.15. The Bertz CT molecular complexity index is 1120. The van der Waals surface area contributed by atoms with E-state index in [9.17, 15) is 13.2 Å². The molecular formula is C20H22ClN3O6S. The maximum Gasteiger partial charge on any atom is 0.260 e. The summed E-state index contributed by atoms with van der Waals surface area (Å²) >= 11 is 6.01. The van der Waals surface area contributed by atoms with Crippen LogP contribution in [0.15, 0.2) is 41.5 Å². The minimum absolute atomic E-state index is 0.153. The average molecular weight is 468 g/mol. The maximum absolute atomic E-state index is 12.5. The van der Waals surface area contributed by atoms with Crippen LogP contribution in [-0.4, -0.2) is 53.2 Å². The van der Waals surface area contributed by atoms with Crippen molar-refractivity contribution in [1.29, 1.82) is 0 Å². The van der Waals surface area contributed by atoms with Crippen molar-refractivity contribution in [2.24, 2.45) is 5.10 Å². The molecule has 1 N–H and O–H groups in total. The lowest BCUT2D eigenvalue weighted by atomic mass is 10.1. The molecule has 166 valence electrons. The third kappa shape index (κ3) is 5.59. The highest BCUT2D eigenvalue weighted by Gasteiger charge is 2.24. The predicted octanol–water partition coefficient (Wildman–Crippen LogP) is 2.43. The molecule has 2 aromatic carbocycles. The van der Waals surface area contributed by atoms with E-state index in [0.29, 0.717) is 35.4 Å². The lowest BCUT2D eigenvalue weighted by molar-refractivity contribution is -0.119. The fourth-order valence-corrected chi connectivity index (χ4v) is 3.90. The van der Waals surface area contributed by atoms with Crippen LogP contribution in [0, 0.1) is 0 Å². The first kappa shape index (κ1) is 22.7. The van der Waals surface area contributed by atoms with Gasteiger partial charge in [-0.1, -0.05) is 11.6 Å². The molecule has 1 aliphatic heterocycles. The van der Waals surface area contributed by atoms with Gasteiger partial charge in [0.25, 0.3) is 5.91 Å². The van der Waals surface area contributed by atoms with Crippen molar-refractivity contribution in [3.8, 4) is 17.2 Å². The van der Waals surface area contributed by atoms with E-state index in [4.69, 9.17) is 25.8 Å². The molecule has 9 nitrogen and oxygen atoms in total. The van der Waals surface area contributed by atoms with Gasteiger partial charge in [0.05, 0.1) is 24.8 Å². The number of nitrogens with one attached hydrogen (secondary N) is 1. The zero-order chi connectivity index (χ0) is 22.6. The molecule has 1 amide bonds. The molecule has 3 rings (SSSR count). The normalized spacial score (nSPS) is 13.5. The SMILES string of the molecule is COc1ccc(Cl)cc1N(CC(=O)N/N=C(/C)c1ccc2c(c1)OCCO2)S(C)(=O)=O. The molecule has 0 spiro atoms. The van der Waals surface area contributed by atoms with Crippen LogP contribution in [0.3, 0.4) is 0 Å². The zero-order valence-electron chi connectivity index (χ0n) is 17.2. The smallest absolute Gasteiger partial charge is 0.260 e. The Morgan fingerprint density at radius 3 is 2.58 bits per heavy atom. The summed E-state index contributed by atoms with van der Waals surface area (Å²) in [7, 11) is -2.41. The van der Waals surface area contributed by atoms with Crippen LogP contribution < -0.4 is 23.9 Å². The second-order valence-electron chi connectivity index (χ2n) is 6.68. The Balaban J connectivity index is 1.77. The van der Waals surface area contributed by atoms with E-state index in [-0.39, 0.29) is 11.4 Å². The van der Waals surface area contributed by atoms with Crippen LogP contribution in [0.25, 0.3) is 0 Å². The summed E-state index contributed by atoms with van der Waals surface area (Å²) in [5.74, 6) is 0.870. The molecule has 1 heterocycles. The molecule has 0 atom stereocenters. The van der Waals surface area contributed by atoms with Crippen molar-refractivity contribution < 1.29 is 27.4 Å². The zero-order valence-corrected chi connectivity index (χ0v) is 18.8. The molecule has 0 saturated carbocycles. The number of fused-ring (bicyclic) bond motifs is 1. The van der Waals surface area contributed by atoms with Gasteiger partial charge in [0.2, 0.25) is 10.0 Å². The van der Waals surface area contributed by atoms with Gasteiger partial charge in [-0.2, -0.15) is 5.10 Å². The first-order valence-electron chi connectivity index (χ1n) is 9.23. The number of rotatable bonds is 7. The largest absolute Gasteiger partial charge is 0.495 e. The Morgan fingerprint density at radius 2 is 1.90 bits per heavy atom. The van der Waals surface area contributed by atoms with Gasteiger partial charge in [-0.15, -0.1) is 0 Å². The van der Waals surface area contributed by atoms with Gasteiger partial charge < -0.3 is 14.2 Å². The number of anilines is 1. The lowest BCUT2D eigenvalue weighted by Gasteiger charge is -2.23. The van der Waals surface area contributed by atoms with Crippen molar-refractivity contribution in [2.75, 3.05) is 37.4 Å². The Labute approximate surface area is 185 Å². The van der Waals surface area contributed by atoms with Gasteiger partial charge in [0.15, 0.2) is 11.5 Å². The second-order valence-corrected chi connectivity index (χ2v) is 9.02. The highest BCUT2D eigenvalue weighted by atomic mass is 35.5. The van der Waals surface area contributed by atoms with E-state index in [1.165, 1.54) is 19.2 Å². The number of hydrogen-bond acceptors (Lipinski definition) is 7. The fourth-order valence-electron chi connectivity index (χ4n) is 2.88. The van der Waals surface area contributed by atoms with Crippen LogP contribution in [0.1, 0.15) is 12.5 Å². The van der Waals surface area contributed by atoms with Gasteiger partial charge in [-0.25, -0.2) is 13.8 Å². The summed E-state index contributed by atoms with van der Waals surface area (Å²) in [6.07, 6.45) is 0.990. The molecule has 0 fully saturated rings. The van der Waals surface area contributed by atoms with Crippen molar-refractivity contribution in [3.63, 3.8) is 0 Å². The van der Waals surface area contributed by atoms with Gasteiger partial charge >= 0.3 is 0 Å². The number of amides is 1. The number of benzene rings is 2. The highest BCUT2D eigenvalue weighted by Crippen LogP contribution is 2.33. The second kappa shape index (κ2) is 9.44. The van der Waals surface area contributed by atoms with E-state index < -0.39 is 22.5 Å². The van der Waals surface area contributed by atoms with Crippen LogP contribution in [0.5, 0.6) is 17.2 Å². The molecule has 31 heavy (non-hydrogen) atoms. The van der Waals surface area contributed by atoms with Crippen molar-refractivity contribution in [3.05, 3.63) is 47.0 Å². The van der Waals surface area contributed by atoms with Crippen LogP contribution in [0.4, 0.5) is 5.69 Å². The number of methoxy groups -OCH3 is 1. The van der Waals surface area contributed by atoms with Crippen molar-refractivity contribution in [2.45, 2.75) is 6.92 Å². The Hall–Kier alpha value is -2.98. The minimum atomic E-state index is -3.81. The van der Waals surface area contributed by atoms with E-state index >= 15 is 0 Å². The average Bonchev–Trinajstić information content (AvgIpc) is 2.74. The van der Waals surface area contributed by atoms with Gasteiger partial charge in [0, 0.05) is 10.6 Å². The van der Waals surface area contributed by atoms with E-state index in [1.807, 2.05) is 0 Å². The lowest BCUT2D eigenvalue weighted by Crippen LogP contribution is -2.39. The van der Waals surface area contributed by atoms with Crippen LogP contribution in [0.2, 0.25) is 5.02 Å². The third-order valence-corrected chi connectivity index (χ3v) is 5.77. The number of carbonyl (C=O) groups is 1. The van der Waals surface area contributed by atoms with Crippen molar-refractivity contribution >= 4 is 38.9 Å². The molecule has 0 bridgehead atoms. The first-order chi connectivity index (χ1) is 14.7. The van der Waals surface area contributed by atoms with Crippen LogP contribution >= 0.6 is 11.6 Å². The molecule has 11 heteroatoms. The van der Waals surface area contributed by atoms with Crippen LogP contribution in [-0.2, 0) is 14.8 Å². The number of halogens is 1. The Morgan fingerprint density at radius 1 is 1.19 bits per heavy atom. The Kier molecular flexibility index (Phi) is 6.91. The van der Waals surface area contributed by atoms with Gasteiger partial charge in [-0.05, 0) is 43.3 Å². The quantitative estimate of drug-likeness (QED) is 0.495. The number of hydrogen-bond donors (Lipinski definition) is 1. The van der Waals surface area contributed by atoms with Gasteiger partial charge in [0.1, 0.15) is 25.5 Å². The van der Waals surface area contributed by atoms with Gasteiger partial charge in [-0.3, -0.25) is 9.10 Å². The van der Waals surface area contributed by atoms with Crippen molar-refractivity contribution in [1.82, 2.24) is 5.43 Å². The maximum atomic E-state index is 12.5. The number of ether oxygens (including phenoxy) is 3. The molecule has 0 unspecified atom stereocenters. The molecule has 0 aromatic heterocycles. The molecule has 0 radical (unpaired) electrons. The monoisotopic (exact) mass is 467 g/mol. The minimum Gasteiger partial charge on any atom is -0.495 e. The summed E-state index contributed by atoms with van der Waals surface area (Å²) in [5, 5.41) is 4.38. The predicted molar refractivity (Wildman–Crippen MR) is 118 cm³/mol. The number of hydrazone groups is 1. The number of sulfonamides is 1.